The topological polar surface area (TPSA) is 32.8 Å². The molecule has 0 bridgehead atoms. The van der Waals surface area contributed by atoms with Crippen LogP contribution < -0.4 is 0 Å². The maximum Gasteiger partial charge on any atom is 0.309 e. The molecule has 2 aliphatic heterocycles. The molecule has 0 saturated carbocycles. The molecular weight excluding hydrogens is 240 g/mol. The minimum absolute atomic E-state index is 0.0369. The molecule has 0 aliphatic carbocycles. The van der Waals surface area contributed by atoms with Crippen LogP contribution in [0.2, 0.25) is 0 Å². The van der Waals surface area contributed by atoms with Gasteiger partial charge >= 0.3 is 5.97 Å². The number of rotatable bonds is 4. The predicted molar refractivity (Wildman–Crippen MR) is 76.0 cm³/mol. The summed E-state index contributed by atoms with van der Waals surface area (Å²) < 4.78 is 4.86. The van der Waals surface area contributed by atoms with Crippen LogP contribution in [0.15, 0.2) is 0 Å². The standard InChI is InChI=1S/C15H28N2O2/c1-12(15(18)19-3)13(2)17-10-7-14(11-17)16-8-5-4-6-9-16/h12-14H,4-11H2,1-3H3. The van der Waals surface area contributed by atoms with Gasteiger partial charge in [-0.1, -0.05) is 13.3 Å². The minimum atomic E-state index is -0.0890. The van der Waals surface area contributed by atoms with Crippen LogP contribution in [0.5, 0.6) is 0 Å². The van der Waals surface area contributed by atoms with E-state index >= 15 is 0 Å². The summed E-state index contributed by atoms with van der Waals surface area (Å²) in [6, 6.07) is 0.981. The Morgan fingerprint density at radius 2 is 1.84 bits per heavy atom. The maximum absolute atomic E-state index is 11.6. The molecule has 19 heavy (non-hydrogen) atoms. The molecule has 2 heterocycles. The Morgan fingerprint density at radius 1 is 1.16 bits per heavy atom. The summed E-state index contributed by atoms with van der Waals surface area (Å²) in [5.41, 5.74) is 0. The summed E-state index contributed by atoms with van der Waals surface area (Å²) in [7, 11) is 1.48. The molecule has 3 atom stereocenters. The number of carbonyl (C=O) groups is 1. The highest BCUT2D eigenvalue weighted by Gasteiger charge is 2.34. The third kappa shape index (κ3) is 3.48. The van der Waals surface area contributed by atoms with Crippen LogP contribution in [-0.4, -0.2) is 61.1 Å². The van der Waals surface area contributed by atoms with Gasteiger partial charge in [0.05, 0.1) is 13.0 Å². The van der Waals surface area contributed by atoms with Crippen molar-refractivity contribution in [2.75, 3.05) is 33.3 Å². The number of ether oxygens (including phenoxy) is 1. The third-order valence-electron chi connectivity index (χ3n) is 4.97. The van der Waals surface area contributed by atoms with Crippen molar-refractivity contribution in [3.63, 3.8) is 0 Å². The van der Waals surface area contributed by atoms with E-state index in [1.165, 1.54) is 45.9 Å². The van der Waals surface area contributed by atoms with Crippen molar-refractivity contribution >= 4 is 5.97 Å². The summed E-state index contributed by atoms with van der Waals surface area (Å²) in [4.78, 5) is 16.7. The number of piperidine rings is 1. The molecule has 4 nitrogen and oxygen atoms in total. The fourth-order valence-corrected chi connectivity index (χ4v) is 3.42. The van der Waals surface area contributed by atoms with Gasteiger partial charge in [-0.05, 0) is 39.3 Å². The lowest BCUT2D eigenvalue weighted by Gasteiger charge is -2.33. The zero-order valence-corrected chi connectivity index (χ0v) is 12.6. The van der Waals surface area contributed by atoms with Gasteiger partial charge in [-0.2, -0.15) is 0 Å². The van der Waals surface area contributed by atoms with Crippen LogP contribution in [-0.2, 0) is 9.53 Å². The lowest BCUT2D eigenvalue weighted by atomic mass is 10.0. The predicted octanol–water partition coefficient (Wildman–Crippen LogP) is 1.74. The molecule has 0 radical (unpaired) electrons. The molecule has 2 aliphatic rings. The number of methoxy groups -OCH3 is 1. The van der Waals surface area contributed by atoms with Crippen molar-refractivity contribution < 1.29 is 9.53 Å². The normalized spacial score (nSPS) is 29.1. The van der Waals surface area contributed by atoms with E-state index in [4.69, 9.17) is 4.74 Å². The number of likely N-dealkylation sites (tertiary alicyclic amines) is 2. The van der Waals surface area contributed by atoms with Crippen molar-refractivity contribution in [1.82, 2.24) is 9.80 Å². The fourth-order valence-electron chi connectivity index (χ4n) is 3.42. The third-order valence-corrected chi connectivity index (χ3v) is 4.97. The molecule has 0 spiro atoms. The van der Waals surface area contributed by atoms with Gasteiger partial charge in [-0.25, -0.2) is 0 Å². The van der Waals surface area contributed by atoms with E-state index in [0.717, 1.165) is 13.1 Å². The molecule has 0 aromatic heterocycles. The van der Waals surface area contributed by atoms with Crippen molar-refractivity contribution in [3.05, 3.63) is 0 Å². The smallest absolute Gasteiger partial charge is 0.309 e. The summed E-state index contributed by atoms with van der Waals surface area (Å²) in [5.74, 6) is -0.126. The lowest BCUT2D eigenvalue weighted by molar-refractivity contribution is -0.146. The zero-order valence-electron chi connectivity index (χ0n) is 12.6. The molecular formula is C15H28N2O2. The molecule has 0 aromatic carbocycles. The summed E-state index contributed by atoms with van der Waals surface area (Å²) in [6.45, 7) is 8.88. The lowest BCUT2D eigenvalue weighted by Crippen LogP contribution is -2.44. The van der Waals surface area contributed by atoms with Crippen molar-refractivity contribution in [1.29, 1.82) is 0 Å². The Hall–Kier alpha value is -0.610. The molecule has 2 saturated heterocycles. The molecule has 4 heteroatoms. The van der Waals surface area contributed by atoms with E-state index in [1.54, 1.807) is 0 Å². The average Bonchev–Trinajstić information content (AvgIpc) is 2.95. The van der Waals surface area contributed by atoms with Crippen LogP contribution in [0, 0.1) is 5.92 Å². The number of carbonyl (C=O) groups excluding carboxylic acids is 1. The van der Waals surface area contributed by atoms with E-state index in [-0.39, 0.29) is 17.9 Å². The summed E-state index contributed by atoms with van der Waals surface area (Å²) in [5, 5.41) is 0. The van der Waals surface area contributed by atoms with Gasteiger partial charge in [0.1, 0.15) is 0 Å². The molecule has 2 rings (SSSR count). The van der Waals surface area contributed by atoms with Crippen LogP contribution in [0.4, 0.5) is 0 Å². The second-order valence-corrected chi connectivity index (χ2v) is 6.09. The fraction of sp³-hybridized carbons (Fsp3) is 0.933. The van der Waals surface area contributed by atoms with Crippen LogP contribution in [0.3, 0.4) is 0 Å². The first-order chi connectivity index (χ1) is 9.13. The highest BCUT2D eigenvalue weighted by molar-refractivity contribution is 5.72. The van der Waals surface area contributed by atoms with Crippen molar-refractivity contribution in [2.45, 2.75) is 51.6 Å². The largest absolute Gasteiger partial charge is 0.469 e. The molecule has 0 aromatic rings. The highest BCUT2D eigenvalue weighted by atomic mass is 16.5. The second-order valence-electron chi connectivity index (χ2n) is 6.09. The van der Waals surface area contributed by atoms with Gasteiger partial charge in [0.25, 0.3) is 0 Å². The Bertz CT molecular complexity index is 303. The SMILES string of the molecule is COC(=O)C(C)C(C)N1CCC(N2CCCCC2)C1. The first-order valence-corrected chi connectivity index (χ1v) is 7.69. The van der Waals surface area contributed by atoms with Crippen molar-refractivity contribution in [2.24, 2.45) is 5.92 Å². The molecule has 0 amide bonds. The summed E-state index contributed by atoms with van der Waals surface area (Å²) in [6.07, 6.45) is 5.34. The van der Waals surface area contributed by atoms with E-state index in [1.807, 2.05) is 6.92 Å². The van der Waals surface area contributed by atoms with Crippen LogP contribution >= 0.6 is 0 Å². The van der Waals surface area contributed by atoms with Crippen LogP contribution in [0.1, 0.15) is 39.5 Å². The first kappa shape index (κ1) is 14.8. The van der Waals surface area contributed by atoms with E-state index in [0.29, 0.717) is 6.04 Å². The van der Waals surface area contributed by atoms with E-state index in [9.17, 15) is 4.79 Å². The Morgan fingerprint density at radius 3 is 2.47 bits per heavy atom. The highest BCUT2D eigenvalue weighted by Crippen LogP contribution is 2.24. The van der Waals surface area contributed by atoms with Gasteiger partial charge in [-0.15, -0.1) is 0 Å². The number of nitrogens with zero attached hydrogens (tertiary/aromatic N) is 2. The number of hydrogen-bond acceptors (Lipinski definition) is 4. The van der Waals surface area contributed by atoms with E-state index in [2.05, 4.69) is 16.7 Å². The Kier molecular flexibility index (Phi) is 5.22. The number of hydrogen-bond donors (Lipinski definition) is 0. The van der Waals surface area contributed by atoms with Gasteiger partial charge in [0.2, 0.25) is 0 Å². The minimum Gasteiger partial charge on any atom is -0.469 e. The molecule has 0 N–H and O–H groups in total. The van der Waals surface area contributed by atoms with Gasteiger partial charge in [-0.3, -0.25) is 14.6 Å². The average molecular weight is 268 g/mol. The van der Waals surface area contributed by atoms with E-state index < -0.39 is 0 Å². The van der Waals surface area contributed by atoms with Gasteiger partial charge in [0, 0.05) is 25.2 Å². The zero-order chi connectivity index (χ0) is 13.8. The quantitative estimate of drug-likeness (QED) is 0.727. The molecule has 3 unspecified atom stereocenters. The Balaban J connectivity index is 1.85. The van der Waals surface area contributed by atoms with Gasteiger partial charge < -0.3 is 4.74 Å². The number of esters is 1. The van der Waals surface area contributed by atoms with Gasteiger partial charge in [0.15, 0.2) is 0 Å². The van der Waals surface area contributed by atoms with Crippen molar-refractivity contribution in [3.8, 4) is 0 Å². The monoisotopic (exact) mass is 268 g/mol. The first-order valence-electron chi connectivity index (χ1n) is 7.69. The van der Waals surface area contributed by atoms with Crippen LogP contribution in [0.25, 0.3) is 0 Å². The molecule has 2 fully saturated rings. The molecule has 110 valence electrons. The Labute approximate surface area is 117 Å². The summed E-state index contributed by atoms with van der Waals surface area (Å²) >= 11 is 0. The second kappa shape index (κ2) is 6.71. The maximum atomic E-state index is 11.6.